The quantitative estimate of drug-likeness (QED) is 0.554. The summed E-state index contributed by atoms with van der Waals surface area (Å²) < 4.78 is 0. The normalized spacial score (nSPS) is 19.6. The Morgan fingerprint density at radius 2 is 2.00 bits per heavy atom. The molecule has 0 spiro atoms. The van der Waals surface area contributed by atoms with Crippen LogP contribution in [0.3, 0.4) is 0 Å². The molecule has 0 radical (unpaired) electrons. The predicted molar refractivity (Wildman–Crippen MR) is 43.2 cm³/mol. The molecule has 0 fully saturated rings. The molecule has 0 saturated heterocycles. The first-order chi connectivity index (χ1) is 3.93. The molecule has 1 aliphatic rings. The van der Waals surface area contributed by atoms with Crippen LogP contribution in [0.1, 0.15) is 0 Å². The topological polar surface area (TPSA) is 0 Å². The van der Waals surface area contributed by atoms with Gasteiger partial charge in [0.1, 0.15) is 0 Å². The van der Waals surface area contributed by atoms with Gasteiger partial charge in [0.15, 0.2) is 0 Å². The largest absolute Gasteiger partial charge is 0.154 e. The van der Waals surface area contributed by atoms with Gasteiger partial charge in [-0.15, -0.1) is 11.8 Å². The highest BCUT2D eigenvalue weighted by molar-refractivity contribution is 8.05. The summed E-state index contributed by atoms with van der Waals surface area (Å²) >= 11 is 3.60. The Morgan fingerprint density at radius 1 is 1.38 bits per heavy atom. The van der Waals surface area contributed by atoms with E-state index >= 15 is 0 Å². The Bertz CT molecular complexity index is 104. The van der Waals surface area contributed by atoms with Crippen LogP contribution in [0.25, 0.3) is 0 Å². The summed E-state index contributed by atoms with van der Waals surface area (Å²) in [5, 5.41) is 4.87. The molecule has 1 heterocycles. The van der Waals surface area contributed by atoms with Crippen LogP contribution in [0.15, 0.2) is 23.0 Å². The average Bonchev–Trinajstić information content (AvgIpc) is 1.90. The summed E-state index contributed by atoms with van der Waals surface area (Å²) in [6.07, 6.45) is 6.53. The molecule has 0 aliphatic carbocycles. The third-order valence-corrected chi connectivity index (χ3v) is 2.45. The standard InChI is InChI=1S/C6H8S2/c1-7-6-2-4-8-5-3-6/h2-6H,1H3. The molecule has 0 aromatic carbocycles. The van der Waals surface area contributed by atoms with E-state index in [1.807, 2.05) is 11.8 Å². The monoisotopic (exact) mass is 144 g/mol. The van der Waals surface area contributed by atoms with Gasteiger partial charge >= 0.3 is 0 Å². The van der Waals surface area contributed by atoms with Crippen molar-refractivity contribution < 1.29 is 0 Å². The second-order valence-corrected chi connectivity index (χ2v) is 3.33. The van der Waals surface area contributed by atoms with Gasteiger partial charge in [0.25, 0.3) is 0 Å². The zero-order valence-electron chi connectivity index (χ0n) is 4.70. The molecule has 1 aliphatic heterocycles. The lowest BCUT2D eigenvalue weighted by atomic mass is 10.4. The Balaban J connectivity index is 2.42. The van der Waals surface area contributed by atoms with E-state index in [1.165, 1.54) is 0 Å². The van der Waals surface area contributed by atoms with E-state index in [9.17, 15) is 0 Å². The number of thioether (sulfide) groups is 2. The number of hydrogen-bond donors (Lipinski definition) is 0. The highest BCUT2D eigenvalue weighted by atomic mass is 32.2. The van der Waals surface area contributed by atoms with Crippen molar-refractivity contribution in [1.82, 2.24) is 0 Å². The lowest BCUT2D eigenvalue weighted by Crippen LogP contribution is -1.91. The molecule has 0 bridgehead atoms. The lowest BCUT2D eigenvalue weighted by molar-refractivity contribution is 1.43. The molecule has 0 aromatic heterocycles. The van der Waals surface area contributed by atoms with Crippen LogP contribution in [-0.4, -0.2) is 11.5 Å². The lowest BCUT2D eigenvalue weighted by Gasteiger charge is -2.04. The maximum atomic E-state index is 2.20. The molecule has 0 amide bonds. The predicted octanol–water partition coefficient (Wildman–Crippen LogP) is 2.49. The summed E-state index contributed by atoms with van der Waals surface area (Å²) in [5.41, 5.74) is 0. The van der Waals surface area contributed by atoms with Gasteiger partial charge in [0.2, 0.25) is 0 Å². The van der Waals surface area contributed by atoms with Crippen LogP contribution in [0.5, 0.6) is 0 Å². The average molecular weight is 144 g/mol. The Labute approximate surface area is 58.4 Å². The fraction of sp³-hybridized carbons (Fsp3) is 0.333. The van der Waals surface area contributed by atoms with Crippen molar-refractivity contribution in [2.24, 2.45) is 0 Å². The van der Waals surface area contributed by atoms with Crippen LogP contribution in [-0.2, 0) is 0 Å². The molecule has 0 N–H and O–H groups in total. The minimum atomic E-state index is 0.622. The highest BCUT2D eigenvalue weighted by Gasteiger charge is 1.97. The Hall–Kier alpha value is 0.180. The van der Waals surface area contributed by atoms with Crippen molar-refractivity contribution in [3.8, 4) is 0 Å². The summed E-state index contributed by atoms with van der Waals surface area (Å²) in [5.74, 6) is 0. The van der Waals surface area contributed by atoms with Crippen LogP contribution in [0.2, 0.25) is 0 Å². The number of hydrogen-bond acceptors (Lipinski definition) is 2. The van der Waals surface area contributed by atoms with Crippen molar-refractivity contribution in [2.75, 3.05) is 6.26 Å². The summed E-state index contributed by atoms with van der Waals surface area (Å²) in [7, 11) is 0. The zero-order valence-corrected chi connectivity index (χ0v) is 6.34. The molecular weight excluding hydrogens is 136 g/mol. The van der Waals surface area contributed by atoms with E-state index < -0.39 is 0 Å². The fourth-order valence-corrected chi connectivity index (χ4v) is 1.79. The van der Waals surface area contributed by atoms with Crippen LogP contribution in [0, 0.1) is 0 Å². The van der Waals surface area contributed by atoms with Crippen molar-refractivity contribution in [3.05, 3.63) is 23.0 Å². The minimum Gasteiger partial charge on any atom is -0.154 e. The van der Waals surface area contributed by atoms with Gasteiger partial charge in [0, 0.05) is 5.25 Å². The van der Waals surface area contributed by atoms with Gasteiger partial charge < -0.3 is 0 Å². The molecular formula is C6H8S2. The van der Waals surface area contributed by atoms with Crippen LogP contribution >= 0.6 is 23.5 Å². The third kappa shape index (κ3) is 1.60. The van der Waals surface area contributed by atoms with Crippen LogP contribution < -0.4 is 0 Å². The third-order valence-electron chi connectivity index (χ3n) is 0.966. The minimum absolute atomic E-state index is 0.622. The van der Waals surface area contributed by atoms with E-state index in [2.05, 4.69) is 29.2 Å². The van der Waals surface area contributed by atoms with E-state index in [-0.39, 0.29) is 0 Å². The Kier molecular flexibility index (Phi) is 2.56. The van der Waals surface area contributed by atoms with E-state index in [0.717, 1.165) is 0 Å². The number of rotatable bonds is 1. The SMILES string of the molecule is CSC1C=CSC=C1. The first-order valence-corrected chi connectivity index (χ1v) is 4.68. The van der Waals surface area contributed by atoms with Crippen molar-refractivity contribution in [1.29, 1.82) is 0 Å². The molecule has 0 unspecified atom stereocenters. The Morgan fingerprint density at radius 3 is 2.38 bits per heavy atom. The molecule has 8 heavy (non-hydrogen) atoms. The summed E-state index contributed by atoms with van der Waals surface area (Å²) in [6.45, 7) is 0. The molecule has 44 valence electrons. The first kappa shape index (κ1) is 6.30. The molecule has 1 rings (SSSR count). The van der Waals surface area contributed by atoms with Crippen molar-refractivity contribution >= 4 is 23.5 Å². The fourth-order valence-electron chi connectivity index (χ4n) is 0.512. The van der Waals surface area contributed by atoms with E-state index in [0.29, 0.717) is 5.25 Å². The highest BCUT2D eigenvalue weighted by Crippen LogP contribution is 2.19. The van der Waals surface area contributed by atoms with Gasteiger partial charge in [-0.3, -0.25) is 0 Å². The van der Waals surface area contributed by atoms with Crippen molar-refractivity contribution in [2.45, 2.75) is 5.25 Å². The molecule has 0 nitrogen and oxygen atoms in total. The van der Waals surface area contributed by atoms with E-state index in [4.69, 9.17) is 0 Å². The van der Waals surface area contributed by atoms with Gasteiger partial charge in [-0.2, -0.15) is 11.8 Å². The van der Waals surface area contributed by atoms with Gasteiger partial charge in [0.05, 0.1) is 0 Å². The zero-order chi connectivity index (χ0) is 5.82. The molecule has 0 aromatic rings. The molecule has 2 heteroatoms. The second-order valence-electron chi connectivity index (χ2n) is 1.49. The molecule has 0 saturated carbocycles. The van der Waals surface area contributed by atoms with Gasteiger partial charge in [-0.1, -0.05) is 12.2 Å². The summed E-state index contributed by atoms with van der Waals surface area (Å²) in [6, 6.07) is 0. The smallest absolute Gasteiger partial charge is 0.0420 e. The summed E-state index contributed by atoms with van der Waals surface area (Å²) in [4.78, 5) is 0. The van der Waals surface area contributed by atoms with E-state index in [1.54, 1.807) is 11.8 Å². The maximum Gasteiger partial charge on any atom is 0.0420 e. The first-order valence-electron chi connectivity index (χ1n) is 2.45. The molecule has 0 atom stereocenters. The van der Waals surface area contributed by atoms with Crippen LogP contribution in [0.4, 0.5) is 0 Å². The van der Waals surface area contributed by atoms with Crippen molar-refractivity contribution in [3.63, 3.8) is 0 Å². The van der Waals surface area contributed by atoms with Gasteiger partial charge in [-0.05, 0) is 17.1 Å². The van der Waals surface area contributed by atoms with Gasteiger partial charge in [-0.25, -0.2) is 0 Å². The maximum absolute atomic E-state index is 2.20. The second kappa shape index (κ2) is 3.25.